The summed E-state index contributed by atoms with van der Waals surface area (Å²) in [5.74, 6) is 1.06. The summed E-state index contributed by atoms with van der Waals surface area (Å²) in [4.78, 5) is 1.30. The molecule has 0 aliphatic carbocycles. The second-order valence-electron chi connectivity index (χ2n) is 3.43. The maximum absolute atomic E-state index is 4.29. The van der Waals surface area contributed by atoms with Crippen LogP contribution in [0.25, 0.3) is 11.3 Å². The maximum Gasteiger partial charge on any atom is 0.0818 e. The minimum absolute atomic E-state index is 1.06. The van der Waals surface area contributed by atoms with Crippen molar-refractivity contribution in [2.45, 2.75) is 10.6 Å². The first-order valence-corrected chi connectivity index (χ1v) is 5.58. The van der Waals surface area contributed by atoms with Crippen molar-refractivity contribution in [1.29, 1.82) is 0 Å². The highest BCUT2D eigenvalue weighted by molar-refractivity contribution is 7.98. The normalized spacial score (nSPS) is 13.5. The topological polar surface area (TPSA) is 17.8 Å². The standard InChI is InChI=1S/C11H10N2S/c1-13-11-9-5-3-2-4-8(9)7-14-10(11)6-12-13/h2-6H,7H2,1H3. The second-order valence-corrected chi connectivity index (χ2v) is 4.44. The summed E-state index contributed by atoms with van der Waals surface area (Å²) in [6, 6.07) is 8.56. The molecule has 1 aliphatic heterocycles. The van der Waals surface area contributed by atoms with E-state index < -0.39 is 0 Å². The average Bonchev–Trinajstić information content (AvgIpc) is 2.61. The van der Waals surface area contributed by atoms with Gasteiger partial charge in [-0.05, 0) is 5.56 Å². The van der Waals surface area contributed by atoms with E-state index in [0.29, 0.717) is 0 Å². The van der Waals surface area contributed by atoms with E-state index in [0.717, 1.165) is 5.75 Å². The van der Waals surface area contributed by atoms with Gasteiger partial charge in [-0.3, -0.25) is 4.68 Å². The fraction of sp³-hybridized carbons (Fsp3) is 0.182. The molecule has 70 valence electrons. The summed E-state index contributed by atoms with van der Waals surface area (Å²) in [5, 5.41) is 4.29. The molecule has 2 aromatic rings. The van der Waals surface area contributed by atoms with Gasteiger partial charge in [-0.25, -0.2) is 0 Å². The number of thioether (sulfide) groups is 1. The summed E-state index contributed by atoms with van der Waals surface area (Å²) < 4.78 is 1.96. The molecule has 0 spiro atoms. The van der Waals surface area contributed by atoms with Crippen LogP contribution in [0, 0.1) is 0 Å². The lowest BCUT2D eigenvalue weighted by Crippen LogP contribution is -2.00. The number of rotatable bonds is 0. The van der Waals surface area contributed by atoms with Gasteiger partial charge in [-0.1, -0.05) is 24.3 Å². The highest BCUT2D eigenvalue weighted by atomic mass is 32.2. The smallest absolute Gasteiger partial charge is 0.0818 e. The van der Waals surface area contributed by atoms with Gasteiger partial charge in [0.1, 0.15) is 0 Å². The zero-order valence-corrected chi connectivity index (χ0v) is 8.71. The van der Waals surface area contributed by atoms with Gasteiger partial charge in [-0.2, -0.15) is 5.10 Å². The first kappa shape index (κ1) is 8.12. The quantitative estimate of drug-likeness (QED) is 0.653. The van der Waals surface area contributed by atoms with Crippen molar-refractivity contribution in [3.63, 3.8) is 0 Å². The third-order valence-electron chi connectivity index (χ3n) is 2.56. The second kappa shape index (κ2) is 2.89. The highest BCUT2D eigenvalue weighted by Crippen LogP contribution is 2.40. The van der Waals surface area contributed by atoms with Gasteiger partial charge < -0.3 is 0 Å². The first-order valence-electron chi connectivity index (χ1n) is 4.59. The van der Waals surface area contributed by atoms with E-state index in [1.165, 1.54) is 21.7 Å². The van der Waals surface area contributed by atoms with Gasteiger partial charge in [0.2, 0.25) is 0 Å². The molecule has 0 amide bonds. The van der Waals surface area contributed by atoms with E-state index in [1.54, 1.807) is 0 Å². The van der Waals surface area contributed by atoms with Crippen molar-refractivity contribution < 1.29 is 0 Å². The Bertz CT molecular complexity index is 488. The van der Waals surface area contributed by atoms with Crippen molar-refractivity contribution in [3.8, 4) is 11.3 Å². The number of aryl methyl sites for hydroxylation is 1. The van der Waals surface area contributed by atoms with Crippen molar-refractivity contribution in [1.82, 2.24) is 9.78 Å². The Labute approximate surface area is 86.9 Å². The summed E-state index contributed by atoms with van der Waals surface area (Å²) in [7, 11) is 2.00. The van der Waals surface area contributed by atoms with Crippen LogP contribution < -0.4 is 0 Å². The number of nitrogens with zero attached hydrogens (tertiary/aromatic N) is 2. The minimum atomic E-state index is 1.06. The SMILES string of the molecule is Cn1ncc2c1-c1ccccc1CS2. The van der Waals surface area contributed by atoms with E-state index in [4.69, 9.17) is 0 Å². The van der Waals surface area contributed by atoms with E-state index in [1.807, 2.05) is 29.7 Å². The number of hydrogen-bond donors (Lipinski definition) is 0. The summed E-state index contributed by atoms with van der Waals surface area (Å²) in [5.41, 5.74) is 4.01. The number of benzene rings is 1. The fourth-order valence-corrected chi connectivity index (χ4v) is 2.93. The largest absolute Gasteiger partial charge is 0.267 e. The van der Waals surface area contributed by atoms with Crippen LogP contribution in [0.4, 0.5) is 0 Å². The van der Waals surface area contributed by atoms with Crippen molar-refractivity contribution in [2.24, 2.45) is 7.05 Å². The molecule has 1 aromatic carbocycles. The van der Waals surface area contributed by atoms with Crippen LogP contribution in [0.1, 0.15) is 5.56 Å². The first-order chi connectivity index (χ1) is 6.86. The van der Waals surface area contributed by atoms with Gasteiger partial charge in [-0.15, -0.1) is 11.8 Å². The molecule has 0 atom stereocenters. The van der Waals surface area contributed by atoms with Gasteiger partial charge in [0.05, 0.1) is 16.8 Å². The van der Waals surface area contributed by atoms with Gasteiger partial charge in [0.15, 0.2) is 0 Å². The van der Waals surface area contributed by atoms with Gasteiger partial charge >= 0.3 is 0 Å². The minimum Gasteiger partial charge on any atom is -0.267 e. The molecule has 2 heterocycles. The summed E-state index contributed by atoms with van der Waals surface area (Å²) in [6.45, 7) is 0. The highest BCUT2D eigenvalue weighted by Gasteiger charge is 2.19. The molecule has 0 N–H and O–H groups in total. The molecule has 14 heavy (non-hydrogen) atoms. The zero-order chi connectivity index (χ0) is 9.54. The lowest BCUT2D eigenvalue weighted by Gasteiger charge is -2.16. The van der Waals surface area contributed by atoms with Crippen LogP contribution in [0.3, 0.4) is 0 Å². The molecule has 0 saturated heterocycles. The Morgan fingerprint density at radius 2 is 2.21 bits per heavy atom. The van der Waals surface area contributed by atoms with Crippen molar-refractivity contribution in [2.75, 3.05) is 0 Å². The molecule has 0 bridgehead atoms. The third-order valence-corrected chi connectivity index (χ3v) is 3.63. The van der Waals surface area contributed by atoms with E-state index in [-0.39, 0.29) is 0 Å². The van der Waals surface area contributed by atoms with Crippen LogP contribution >= 0.6 is 11.8 Å². The molecule has 0 radical (unpaired) electrons. The number of aromatic nitrogens is 2. The molecule has 1 aliphatic rings. The summed E-state index contributed by atoms with van der Waals surface area (Å²) in [6.07, 6.45) is 1.95. The van der Waals surface area contributed by atoms with E-state index in [9.17, 15) is 0 Å². The zero-order valence-electron chi connectivity index (χ0n) is 7.90. The molecule has 1 aromatic heterocycles. The molecule has 3 rings (SSSR count). The van der Waals surface area contributed by atoms with Crippen LogP contribution in [-0.4, -0.2) is 9.78 Å². The Hall–Kier alpha value is -1.22. The average molecular weight is 202 g/mol. The Morgan fingerprint density at radius 1 is 1.36 bits per heavy atom. The van der Waals surface area contributed by atoms with Crippen LogP contribution in [0.5, 0.6) is 0 Å². The number of fused-ring (bicyclic) bond motifs is 3. The Balaban J connectivity index is 2.32. The van der Waals surface area contributed by atoms with Gasteiger partial charge in [0, 0.05) is 18.4 Å². The predicted molar refractivity (Wildman–Crippen MR) is 58.2 cm³/mol. The lowest BCUT2D eigenvalue weighted by atomic mass is 10.1. The molecule has 0 unspecified atom stereocenters. The summed E-state index contributed by atoms with van der Waals surface area (Å²) >= 11 is 1.87. The van der Waals surface area contributed by atoms with Crippen molar-refractivity contribution in [3.05, 3.63) is 36.0 Å². The molecular formula is C11H10N2S. The van der Waals surface area contributed by atoms with E-state index >= 15 is 0 Å². The third kappa shape index (κ3) is 1.02. The van der Waals surface area contributed by atoms with Crippen molar-refractivity contribution >= 4 is 11.8 Å². The fourth-order valence-electron chi connectivity index (χ4n) is 1.86. The van der Waals surface area contributed by atoms with Gasteiger partial charge in [0.25, 0.3) is 0 Å². The lowest BCUT2D eigenvalue weighted by molar-refractivity contribution is 0.774. The van der Waals surface area contributed by atoms with Crippen LogP contribution in [0.2, 0.25) is 0 Å². The molecule has 2 nitrogen and oxygen atoms in total. The predicted octanol–water partition coefficient (Wildman–Crippen LogP) is 2.69. The monoisotopic (exact) mass is 202 g/mol. The molecule has 0 fully saturated rings. The molecule has 0 saturated carbocycles. The molecular weight excluding hydrogens is 192 g/mol. The van der Waals surface area contributed by atoms with E-state index in [2.05, 4.69) is 29.4 Å². The Morgan fingerprint density at radius 3 is 3.14 bits per heavy atom. The van der Waals surface area contributed by atoms with Crippen LogP contribution in [-0.2, 0) is 12.8 Å². The number of hydrogen-bond acceptors (Lipinski definition) is 2. The maximum atomic E-state index is 4.29. The van der Waals surface area contributed by atoms with Crippen LogP contribution in [0.15, 0.2) is 35.4 Å². The Kier molecular flexibility index (Phi) is 1.67. The molecule has 3 heteroatoms.